The number of halogens is 8. The SMILES string of the molecule is CON=C1CCC(C(C#N)S(=O)(=O)C(F)C(F)C(F)(C(F)F)C(F)(F)F)CC1. The Kier molecular flexibility index (Phi) is 7.66. The summed E-state index contributed by atoms with van der Waals surface area (Å²) in [6.45, 7) is 0. The molecule has 1 aliphatic rings. The second-order valence-corrected chi connectivity index (χ2v) is 8.27. The zero-order chi connectivity index (χ0) is 21.9. The summed E-state index contributed by atoms with van der Waals surface area (Å²) in [6, 6.07) is 1.16. The van der Waals surface area contributed by atoms with Gasteiger partial charge in [-0.3, -0.25) is 0 Å². The van der Waals surface area contributed by atoms with Crippen molar-refractivity contribution in [2.24, 2.45) is 11.1 Å². The first-order chi connectivity index (χ1) is 12.7. The molecule has 1 rings (SSSR count). The number of nitrogens with zero attached hydrogens (tertiary/aromatic N) is 2. The molecule has 0 radical (unpaired) electrons. The molecule has 0 saturated heterocycles. The van der Waals surface area contributed by atoms with Crippen LogP contribution in [0.4, 0.5) is 35.1 Å². The molecule has 14 heteroatoms. The average molecular weight is 444 g/mol. The molecule has 1 saturated carbocycles. The Labute approximate surface area is 155 Å². The Hall–Kier alpha value is -1.65. The highest BCUT2D eigenvalue weighted by atomic mass is 32.2. The largest absolute Gasteiger partial charge is 0.431 e. The summed E-state index contributed by atoms with van der Waals surface area (Å²) < 4.78 is 129. The lowest BCUT2D eigenvalue weighted by molar-refractivity contribution is -0.290. The summed E-state index contributed by atoms with van der Waals surface area (Å²) in [5.41, 5.74) is -9.89. The molecule has 0 bridgehead atoms. The van der Waals surface area contributed by atoms with E-state index in [4.69, 9.17) is 5.26 Å². The highest BCUT2D eigenvalue weighted by molar-refractivity contribution is 7.92. The number of hydrogen-bond donors (Lipinski definition) is 0. The first-order valence-corrected chi connectivity index (χ1v) is 9.39. The maximum atomic E-state index is 14.1. The van der Waals surface area contributed by atoms with Crippen LogP contribution < -0.4 is 0 Å². The van der Waals surface area contributed by atoms with Gasteiger partial charge in [-0.05, 0) is 31.6 Å². The van der Waals surface area contributed by atoms with Gasteiger partial charge in [0.25, 0.3) is 12.1 Å². The molecule has 0 N–H and O–H groups in total. The third-order valence-corrected chi connectivity index (χ3v) is 6.50. The van der Waals surface area contributed by atoms with Crippen molar-refractivity contribution in [3.05, 3.63) is 0 Å². The van der Waals surface area contributed by atoms with Crippen molar-refractivity contribution in [2.75, 3.05) is 7.11 Å². The van der Waals surface area contributed by atoms with Crippen molar-refractivity contribution in [3.63, 3.8) is 0 Å². The topological polar surface area (TPSA) is 79.5 Å². The first kappa shape index (κ1) is 24.4. The van der Waals surface area contributed by atoms with Crippen LogP contribution in [0.25, 0.3) is 0 Å². The lowest BCUT2D eigenvalue weighted by Gasteiger charge is -2.33. The second kappa shape index (κ2) is 8.79. The molecule has 0 spiro atoms. The molecule has 4 atom stereocenters. The van der Waals surface area contributed by atoms with Crippen LogP contribution in [-0.4, -0.2) is 56.4 Å². The second-order valence-electron chi connectivity index (χ2n) is 6.14. The van der Waals surface area contributed by atoms with E-state index in [1.807, 2.05) is 0 Å². The van der Waals surface area contributed by atoms with Crippen LogP contribution >= 0.6 is 0 Å². The Morgan fingerprint density at radius 2 is 1.64 bits per heavy atom. The van der Waals surface area contributed by atoms with E-state index in [2.05, 4.69) is 9.99 Å². The van der Waals surface area contributed by atoms with E-state index in [0.29, 0.717) is 5.71 Å². The van der Waals surface area contributed by atoms with Crippen molar-refractivity contribution < 1.29 is 48.4 Å². The minimum atomic E-state index is -6.58. The summed E-state index contributed by atoms with van der Waals surface area (Å²) >= 11 is 0. The fourth-order valence-corrected chi connectivity index (χ4v) is 4.61. The Morgan fingerprint density at radius 3 is 2.00 bits per heavy atom. The molecule has 0 heterocycles. The van der Waals surface area contributed by atoms with Crippen LogP contribution in [-0.2, 0) is 14.7 Å². The molecule has 0 aromatic rings. The fourth-order valence-electron chi connectivity index (χ4n) is 2.84. The van der Waals surface area contributed by atoms with Crippen molar-refractivity contribution >= 4 is 15.5 Å². The van der Waals surface area contributed by atoms with E-state index in [0.717, 1.165) is 6.07 Å². The summed E-state index contributed by atoms with van der Waals surface area (Å²) in [4.78, 5) is 4.51. The van der Waals surface area contributed by atoms with E-state index in [9.17, 15) is 43.5 Å². The molecule has 1 fully saturated rings. The molecule has 28 heavy (non-hydrogen) atoms. The van der Waals surface area contributed by atoms with Gasteiger partial charge >= 0.3 is 6.18 Å². The fraction of sp³-hybridized carbons (Fsp3) is 0.857. The van der Waals surface area contributed by atoms with Crippen molar-refractivity contribution in [1.29, 1.82) is 5.26 Å². The van der Waals surface area contributed by atoms with Crippen LogP contribution in [0.15, 0.2) is 5.16 Å². The molecular formula is C14H16F8N2O3S. The number of alkyl halides is 8. The van der Waals surface area contributed by atoms with E-state index in [1.165, 1.54) is 7.11 Å². The van der Waals surface area contributed by atoms with Gasteiger partial charge < -0.3 is 4.84 Å². The van der Waals surface area contributed by atoms with Gasteiger partial charge in [0.1, 0.15) is 7.11 Å². The van der Waals surface area contributed by atoms with Crippen LogP contribution in [0.2, 0.25) is 0 Å². The number of sulfone groups is 1. The molecule has 0 aromatic carbocycles. The van der Waals surface area contributed by atoms with Crippen LogP contribution in [0, 0.1) is 17.2 Å². The molecule has 4 unspecified atom stereocenters. The van der Waals surface area contributed by atoms with E-state index >= 15 is 0 Å². The average Bonchev–Trinajstić information content (AvgIpc) is 2.60. The van der Waals surface area contributed by atoms with Gasteiger partial charge in [-0.25, -0.2) is 30.4 Å². The smallest absolute Gasteiger partial charge is 0.399 e. The van der Waals surface area contributed by atoms with E-state index in [1.54, 1.807) is 0 Å². The molecule has 162 valence electrons. The van der Waals surface area contributed by atoms with Crippen molar-refractivity contribution in [1.82, 2.24) is 0 Å². The number of oxime groups is 1. The van der Waals surface area contributed by atoms with Crippen molar-refractivity contribution in [2.45, 2.75) is 60.9 Å². The van der Waals surface area contributed by atoms with Crippen LogP contribution in [0.3, 0.4) is 0 Å². The molecule has 0 aromatic heterocycles. The standard InChI is InChI=1S/C14H16F8N2O3S/c1-27-24-8-4-2-7(3-5-8)9(6-23)28(25,26)11(16)10(15)13(19,12(17)18)14(20,21)22/h7,9-12H,2-5H2,1H3. The Bertz CT molecular complexity index is 711. The predicted molar refractivity (Wildman–Crippen MR) is 80.4 cm³/mol. The van der Waals surface area contributed by atoms with Gasteiger partial charge in [0.05, 0.1) is 11.8 Å². The monoisotopic (exact) mass is 444 g/mol. The predicted octanol–water partition coefficient (Wildman–Crippen LogP) is 3.66. The lowest BCUT2D eigenvalue weighted by Crippen LogP contribution is -2.59. The van der Waals surface area contributed by atoms with Gasteiger partial charge in [0, 0.05) is 0 Å². The third-order valence-electron chi connectivity index (χ3n) is 4.43. The molecule has 5 nitrogen and oxygen atoms in total. The molecule has 0 amide bonds. The molecule has 1 aliphatic carbocycles. The van der Waals surface area contributed by atoms with Crippen LogP contribution in [0.5, 0.6) is 0 Å². The third kappa shape index (κ3) is 4.49. The zero-order valence-electron chi connectivity index (χ0n) is 14.3. The molecule has 0 aliphatic heterocycles. The van der Waals surface area contributed by atoms with Gasteiger partial charge in [0.15, 0.2) is 11.4 Å². The van der Waals surface area contributed by atoms with Gasteiger partial charge in [-0.15, -0.1) is 0 Å². The summed E-state index contributed by atoms with van der Waals surface area (Å²) in [5.74, 6) is -1.14. The minimum absolute atomic E-state index is 0.0851. The van der Waals surface area contributed by atoms with Crippen molar-refractivity contribution in [3.8, 4) is 6.07 Å². The lowest BCUT2D eigenvalue weighted by atomic mass is 9.86. The van der Waals surface area contributed by atoms with E-state index < -0.39 is 51.0 Å². The maximum absolute atomic E-state index is 14.1. The minimum Gasteiger partial charge on any atom is -0.399 e. The number of nitriles is 1. The molecular weight excluding hydrogens is 428 g/mol. The van der Waals surface area contributed by atoms with Crippen LogP contribution in [0.1, 0.15) is 25.7 Å². The van der Waals surface area contributed by atoms with Gasteiger partial charge in [-0.1, -0.05) is 5.16 Å². The number of hydrogen-bond acceptors (Lipinski definition) is 5. The quantitative estimate of drug-likeness (QED) is 0.444. The zero-order valence-corrected chi connectivity index (χ0v) is 15.1. The Morgan fingerprint density at radius 1 is 1.14 bits per heavy atom. The van der Waals surface area contributed by atoms with Gasteiger partial charge in [-0.2, -0.15) is 18.4 Å². The summed E-state index contributed by atoms with van der Waals surface area (Å²) in [7, 11) is -4.46. The first-order valence-electron chi connectivity index (χ1n) is 7.78. The van der Waals surface area contributed by atoms with Gasteiger partial charge in [0.2, 0.25) is 15.3 Å². The maximum Gasteiger partial charge on any atom is 0.431 e. The normalized spacial score (nSPS) is 24.0. The number of rotatable bonds is 7. The Balaban J connectivity index is 3.15. The summed E-state index contributed by atoms with van der Waals surface area (Å²) in [6.07, 6.45) is -16.4. The summed E-state index contributed by atoms with van der Waals surface area (Å²) in [5, 5.41) is 10.3. The van der Waals surface area contributed by atoms with E-state index in [-0.39, 0.29) is 25.7 Å². The highest BCUT2D eigenvalue weighted by Crippen LogP contribution is 2.46. The highest BCUT2D eigenvalue weighted by Gasteiger charge is 2.71.